The van der Waals surface area contributed by atoms with Crippen molar-refractivity contribution in [1.29, 1.82) is 0 Å². The van der Waals surface area contributed by atoms with Gasteiger partial charge in [-0.05, 0) is 60.5 Å². The molecule has 0 N–H and O–H groups in total. The maximum Gasteiger partial charge on any atom is 0.266 e. The number of amides is 1. The molecule has 1 aliphatic rings. The summed E-state index contributed by atoms with van der Waals surface area (Å²) in [5.41, 5.74) is 2.77. The number of aliphatic imine (C=N–C) groups is 1. The van der Waals surface area contributed by atoms with E-state index in [1.807, 2.05) is 49.4 Å². The van der Waals surface area contributed by atoms with Gasteiger partial charge in [0.2, 0.25) is 5.75 Å². The summed E-state index contributed by atoms with van der Waals surface area (Å²) in [5.74, 6) is 1.85. The number of amidine groups is 1. The molecule has 0 unspecified atom stereocenters. The number of hydrogen-bond donors (Lipinski definition) is 0. The van der Waals surface area contributed by atoms with Gasteiger partial charge in [-0.15, -0.1) is 0 Å². The molecule has 2 aromatic carbocycles. The summed E-state index contributed by atoms with van der Waals surface area (Å²) in [5, 5.41) is 0.682. The van der Waals surface area contributed by atoms with Gasteiger partial charge in [0.1, 0.15) is 0 Å². The molecule has 2 aromatic rings. The van der Waals surface area contributed by atoms with E-state index in [9.17, 15) is 4.79 Å². The Bertz CT molecular complexity index is 988. The molecule has 0 atom stereocenters. The number of rotatable bonds is 7. The van der Waals surface area contributed by atoms with Gasteiger partial charge in [0, 0.05) is 6.54 Å². The summed E-state index contributed by atoms with van der Waals surface area (Å²) >= 11 is 1.37. The van der Waals surface area contributed by atoms with Crippen molar-refractivity contribution in [3.63, 3.8) is 0 Å². The van der Waals surface area contributed by atoms with E-state index in [0.717, 1.165) is 11.3 Å². The third-order valence-electron chi connectivity index (χ3n) is 4.68. The second-order valence-electron chi connectivity index (χ2n) is 7.61. The van der Waals surface area contributed by atoms with E-state index in [-0.39, 0.29) is 5.91 Å². The summed E-state index contributed by atoms with van der Waals surface area (Å²) in [4.78, 5) is 20.3. The fourth-order valence-corrected chi connectivity index (χ4v) is 4.19. The zero-order valence-corrected chi connectivity index (χ0v) is 19.6. The number of carbonyl (C=O) groups is 1. The lowest BCUT2D eigenvalue weighted by molar-refractivity contribution is -0.122. The molecule has 7 heteroatoms. The van der Waals surface area contributed by atoms with Crippen LogP contribution in [0.3, 0.4) is 0 Å². The highest BCUT2D eigenvalue weighted by molar-refractivity contribution is 8.18. The van der Waals surface area contributed by atoms with Crippen LogP contribution in [0, 0.1) is 12.8 Å². The molecule has 1 heterocycles. The summed E-state index contributed by atoms with van der Waals surface area (Å²) in [6.07, 6.45) is 1.84. The first-order valence-electron chi connectivity index (χ1n) is 10.0. The van der Waals surface area contributed by atoms with Crippen molar-refractivity contribution in [2.45, 2.75) is 20.8 Å². The van der Waals surface area contributed by atoms with Crippen LogP contribution in [-0.2, 0) is 4.79 Å². The predicted molar refractivity (Wildman–Crippen MR) is 126 cm³/mol. The van der Waals surface area contributed by atoms with Gasteiger partial charge >= 0.3 is 0 Å². The lowest BCUT2D eigenvalue weighted by Gasteiger charge is -2.17. The van der Waals surface area contributed by atoms with E-state index >= 15 is 0 Å². The Balaban J connectivity index is 2.01. The monoisotopic (exact) mass is 440 g/mol. The smallest absolute Gasteiger partial charge is 0.266 e. The zero-order valence-electron chi connectivity index (χ0n) is 18.8. The summed E-state index contributed by atoms with van der Waals surface area (Å²) < 4.78 is 16.3. The van der Waals surface area contributed by atoms with Gasteiger partial charge in [0.05, 0.1) is 31.9 Å². The Hall–Kier alpha value is -2.93. The highest BCUT2D eigenvalue weighted by Gasteiger charge is 2.33. The van der Waals surface area contributed by atoms with Gasteiger partial charge in [-0.2, -0.15) is 0 Å². The van der Waals surface area contributed by atoms with Gasteiger partial charge in [-0.3, -0.25) is 9.69 Å². The molecule has 0 spiro atoms. The topological polar surface area (TPSA) is 60.4 Å². The number of nitrogens with zero attached hydrogens (tertiary/aromatic N) is 2. The average molecular weight is 441 g/mol. The van der Waals surface area contributed by atoms with Gasteiger partial charge in [-0.25, -0.2) is 4.99 Å². The second-order valence-corrected chi connectivity index (χ2v) is 8.62. The number of hydrogen-bond acceptors (Lipinski definition) is 6. The second kappa shape index (κ2) is 9.92. The minimum absolute atomic E-state index is 0.0571. The van der Waals surface area contributed by atoms with Crippen molar-refractivity contribution in [1.82, 2.24) is 4.90 Å². The van der Waals surface area contributed by atoms with Crippen LogP contribution < -0.4 is 14.2 Å². The first-order chi connectivity index (χ1) is 14.9. The van der Waals surface area contributed by atoms with E-state index in [4.69, 9.17) is 19.2 Å². The van der Waals surface area contributed by atoms with Gasteiger partial charge in [0.25, 0.3) is 5.91 Å². The highest BCUT2D eigenvalue weighted by Crippen LogP contribution is 2.40. The first-order valence-corrected chi connectivity index (χ1v) is 10.8. The molecular formula is C24H28N2O4S. The van der Waals surface area contributed by atoms with E-state index in [1.54, 1.807) is 26.2 Å². The van der Waals surface area contributed by atoms with E-state index < -0.39 is 0 Å². The molecule has 0 aromatic heterocycles. The molecular weight excluding hydrogens is 412 g/mol. The molecule has 0 radical (unpaired) electrons. The molecule has 31 heavy (non-hydrogen) atoms. The predicted octanol–water partition coefficient (Wildman–Crippen LogP) is 5.28. The van der Waals surface area contributed by atoms with E-state index in [2.05, 4.69) is 13.8 Å². The molecule has 164 valence electrons. The Morgan fingerprint density at radius 3 is 2.16 bits per heavy atom. The number of benzene rings is 2. The summed E-state index contributed by atoms with van der Waals surface area (Å²) in [6, 6.07) is 11.6. The number of thioether (sulfide) groups is 1. The SMILES string of the molecule is COc1cc(/C=C2/SC(=Nc3ccc(C)cc3)N(CC(C)C)C2=O)cc(OC)c1OC. The first kappa shape index (κ1) is 22.7. The van der Waals surface area contributed by atoms with Crippen LogP contribution in [-0.4, -0.2) is 43.8 Å². The lowest BCUT2D eigenvalue weighted by atomic mass is 10.1. The van der Waals surface area contributed by atoms with E-state index in [0.29, 0.717) is 39.8 Å². The zero-order chi connectivity index (χ0) is 22.5. The molecule has 0 saturated carbocycles. The van der Waals surface area contributed by atoms with Crippen LogP contribution in [0.25, 0.3) is 6.08 Å². The quantitative estimate of drug-likeness (QED) is 0.548. The standard InChI is InChI=1S/C24H28N2O4S/c1-15(2)14-26-23(27)21(31-24(26)25-18-9-7-16(3)8-10-18)13-17-11-19(28-4)22(30-6)20(12-17)29-5/h7-13,15H,14H2,1-6H3/b21-13+,25-24?. The van der Waals surface area contributed by atoms with Crippen LogP contribution in [0.2, 0.25) is 0 Å². The number of methoxy groups -OCH3 is 3. The molecule has 1 aliphatic heterocycles. The van der Waals surface area contributed by atoms with Crippen LogP contribution in [0.4, 0.5) is 5.69 Å². The average Bonchev–Trinajstić information content (AvgIpc) is 3.02. The van der Waals surface area contributed by atoms with Crippen molar-refractivity contribution in [2.75, 3.05) is 27.9 Å². The molecule has 3 rings (SSSR count). The van der Waals surface area contributed by atoms with Crippen LogP contribution >= 0.6 is 11.8 Å². The van der Waals surface area contributed by atoms with Crippen LogP contribution in [0.1, 0.15) is 25.0 Å². The Morgan fingerprint density at radius 2 is 1.65 bits per heavy atom. The van der Waals surface area contributed by atoms with Gasteiger partial charge in [-0.1, -0.05) is 31.5 Å². The molecule has 1 amide bonds. The number of carbonyl (C=O) groups excluding carboxylic acids is 1. The largest absolute Gasteiger partial charge is 0.493 e. The van der Waals surface area contributed by atoms with Crippen molar-refractivity contribution in [2.24, 2.45) is 10.9 Å². The number of ether oxygens (including phenoxy) is 3. The van der Waals surface area contributed by atoms with Crippen LogP contribution in [0.5, 0.6) is 17.2 Å². The third-order valence-corrected chi connectivity index (χ3v) is 5.69. The summed E-state index contributed by atoms with van der Waals surface area (Å²) in [7, 11) is 4.70. The maximum absolute atomic E-state index is 13.2. The molecule has 6 nitrogen and oxygen atoms in total. The van der Waals surface area contributed by atoms with Crippen molar-refractivity contribution >= 4 is 34.6 Å². The van der Waals surface area contributed by atoms with Crippen LogP contribution in [0.15, 0.2) is 46.3 Å². The maximum atomic E-state index is 13.2. The summed E-state index contributed by atoms with van der Waals surface area (Å²) in [6.45, 7) is 6.81. The van der Waals surface area contributed by atoms with Crippen molar-refractivity contribution in [3.05, 3.63) is 52.4 Å². The fourth-order valence-electron chi connectivity index (χ4n) is 3.18. The van der Waals surface area contributed by atoms with Crippen molar-refractivity contribution in [3.8, 4) is 17.2 Å². The van der Waals surface area contributed by atoms with Gasteiger partial charge < -0.3 is 14.2 Å². The van der Waals surface area contributed by atoms with Gasteiger partial charge in [0.15, 0.2) is 16.7 Å². The lowest BCUT2D eigenvalue weighted by Crippen LogP contribution is -2.32. The van der Waals surface area contributed by atoms with Crippen molar-refractivity contribution < 1.29 is 19.0 Å². The highest BCUT2D eigenvalue weighted by atomic mass is 32.2. The van der Waals surface area contributed by atoms with E-state index in [1.165, 1.54) is 17.3 Å². The number of aryl methyl sites for hydroxylation is 1. The Labute approximate surface area is 187 Å². The fraction of sp³-hybridized carbons (Fsp3) is 0.333. The molecule has 1 fully saturated rings. The molecule has 0 bridgehead atoms. The Morgan fingerprint density at radius 1 is 1.03 bits per heavy atom. The normalized spacial score (nSPS) is 16.5. The molecule has 0 aliphatic carbocycles. The third kappa shape index (κ3) is 5.22. The Kier molecular flexibility index (Phi) is 7.28. The minimum Gasteiger partial charge on any atom is -0.493 e. The minimum atomic E-state index is -0.0571. The molecule has 1 saturated heterocycles.